The Morgan fingerprint density at radius 1 is 1.07 bits per heavy atom. The first-order chi connectivity index (χ1) is 21.7. The van der Waals surface area contributed by atoms with Crippen molar-refractivity contribution in [3.05, 3.63) is 99.0 Å². The SMILES string of the molecule is CC(C)(C)C[C@@H]1N[C@@H](C(=O)Cc2ccc(N3CCC(C(=O)O)CC3)cc2)[C@H](c2cccc(Cl)c2F)[C@@]1(C#N)c1ccc(Cl)cc1F. The summed E-state index contributed by atoms with van der Waals surface area (Å²) in [5, 5.41) is 23.7. The van der Waals surface area contributed by atoms with Gasteiger partial charge in [-0.15, -0.1) is 0 Å². The predicted octanol–water partition coefficient (Wildman–Crippen LogP) is 7.71. The molecule has 0 radical (unpaired) electrons. The van der Waals surface area contributed by atoms with Gasteiger partial charge in [0, 0.05) is 47.7 Å². The summed E-state index contributed by atoms with van der Waals surface area (Å²) < 4.78 is 31.7. The Kier molecular flexibility index (Phi) is 9.79. The first-order valence-electron chi connectivity index (χ1n) is 15.4. The number of nitrogens with zero attached hydrogens (tertiary/aromatic N) is 2. The second kappa shape index (κ2) is 13.3. The van der Waals surface area contributed by atoms with E-state index in [1.165, 1.54) is 24.3 Å². The van der Waals surface area contributed by atoms with E-state index in [-0.39, 0.29) is 44.7 Å². The first-order valence-corrected chi connectivity index (χ1v) is 16.2. The molecule has 46 heavy (non-hydrogen) atoms. The summed E-state index contributed by atoms with van der Waals surface area (Å²) in [5.41, 5.74) is -0.264. The third kappa shape index (κ3) is 6.64. The number of halogens is 4. The largest absolute Gasteiger partial charge is 0.481 e. The smallest absolute Gasteiger partial charge is 0.306 e. The summed E-state index contributed by atoms with van der Waals surface area (Å²) in [6, 6.07) is 16.7. The summed E-state index contributed by atoms with van der Waals surface area (Å²) in [6.07, 6.45) is 1.51. The average Bonchev–Trinajstić information content (AvgIpc) is 3.32. The van der Waals surface area contributed by atoms with E-state index < -0.39 is 41.0 Å². The van der Waals surface area contributed by atoms with Crippen LogP contribution in [0.2, 0.25) is 10.0 Å². The standard InChI is InChI=1S/C36H37Cl2F2N3O3/c1-35(2,3)19-30-36(20-41,26-12-9-23(37)18-28(26)39)31(25-5-4-6-27(38)32(25)40)33(42-30)29(44)17-21-7-10-24(11-8-21)43-15-13-22(14-16-43)34(45)46/h4-12,18,22,30-31,33,42H,13-17,19H2,1-3H3,(H,45,46)/t30-,31-,33-,36-/m0/s1. The van der Waals surface area contributed by atoms with Crippen LogP contribution in [0.4, 0.5) is 14.5 Å². The lowest BCUT2D eigenvalue weighted by molar-refractivity contribution is -0.142. The van der Waals surface area contributed by atoms with Gasteiger partial charge < -0.3 is 15.3 Å². The van der Waals surface area contributed by atoms with Crippen molar-refractivity contribution in [2.24, 2.45) is 11.3 Å². The van der Waals surface area contributed by atoms with Crippen LogP contribution in [0, 0.1) is 34.3 Å². The molecule has 4 atom stereocenters. The Morgan fingerprint density at radius 2 is 1.74 bits per heavy atom. The number of aliphatic carboxylic acids is 1. The monoisotopic (exact) mass is 667 g/mol. The molecule has 0 unspecified atom stereocenters. The molecule has 10 heteroatoms. The highest BCUT2D eigenvalue weighted by atomic mass is 35.5. The first kappa shape index (κ1) is 33.8. The second-order valence-electron chi connectivity index (χ2n) is 13.6. The molecule has 2 aliphatic rings. The van der Waals surface area contributed by atoms with Crippen LogP contribution in [0.25, 0.3) is 0 Å². The van der Waals surface area contributed by atoms with Crippen molar-refractivity contribution in [2.45, 2.75) is 69.9 Å². The molecule has 242 valence electrons. The van der Waals surface area contributed by atoms with Crippen molar-refractivity contribution in [3.8, 4) is 6.07 Å². The maximum Gasteiger partial charge on any atom is 0.306 e. The van der Waals surface area contributed by atoms with Crippen LogP contribution in [0.15, 0.2) is 60.7 Å². The Bertz CT molecular complexity index is 1660. The zero-order chi connectivity index (χ0) is 33.4. The summed E-state index contributed by atoms with van der Waals surface area (Å²) in [5.74, 6) is -3.96. The topological polar surface area (TPSA) is 93.4 Å². The molecule has 2 aliphatic heterocycles. The van der Waals surface area contributed by atoms with Gasteiger partial charge in [-0.1, -0.05) is 74.3 Å². The van der Waals surface area contributed by atoms with Crippen molar-refractivity contribution in [2.75, 3.05) is 18.0 Å². The fraction of sp³-hybridized carbons (Fsp3) is 0.417. The van der Waals surface area contributed by atoms with E-state index in [1.807, 2.05) is 45.0 Å². The Hall–Kier alpha value is -3.51. The molecule has 0 amide bonds. The highest BCUT2D eigenvalue weighted by molar-refractivity contribution is 6.31. The van der Waals surface area contributed by atoms with E-state index in [4.69, 9.17) is 23.2 Å². The number of ketones is 1. The Morgan fingerprint density at radius 3 is 2.33 bits per heavy atom. The van der Waals surface area contributed by atoms with Crippen LogP contribution in [0.3, 0.4) is 0 Å². The average molecular weight is 669 g/mol. The van der Waals surface area contributed by atoms with E-state index in [9.17, 15) is 20.0 Å². The summed E-state index contributed by atoms with van der Waals surface area (Å²) in [6.45, 7) is 7.22. The van der Waals surface area contributed by atoms with E-state index in [2.05, 4.69) is 16.3 Å². The van der Waals surface area contributed by atoms with Crippen LogP contribution in [0.1, 0.15) is 62.6 Å². The van der Waals surface area contributed by atoms with Crippen LogP contribution in [-0.2, 0) is 21.4 Å². The molecule has 0 aliphatic carbocycles. The van der Waals surface area contributed by atoms with Gasteiger partial charge in [0.15, 0.2) is 5.78 Å². The van der Waals surface area contributed by atoms with Gasteiger partial charge in [-0.25, -0.2) is 8.78 Å². The number of benzene rings is 3. The number of hydrogen-bond donors (Lipinski definition) is 2. The van der Waals surface area contributed by atoms with Gasteiger partial charge in [0.25, 0.3) is 0 Å². The van der Waals surface area contributed by atoms with Gasteiger partial charge in [-0.3, -0.25) is 9.59 Å². The lowest BCUT2D eigenvalue weighted by Gasteiger charge is -2.37. The van der Waals surface area contributed by atoms with Crippen molar-refractivity contribution in [1.29, 1.82) is 5.26 Å². The molecule has 0 saturated carbocycles. The number of hydrogen-bond acceptors (Lipinski definition) is 5. The molecule has 0 spiro atoms. The molecule has 3 aromatic rings. The van der Waals surface area contributed by atoms with Gasteiger partial charge in [0.05, 0.1) is 23.1 Å². The third-order valence-corrected chi connectivity index (χ3v) is 9.85. The van der Waals surface area contributed by atoms with Crippen molar-refractivity contribution in [3.63, 3.8) is 0 Å². The molecule has 2 fully saturated rings. The van der Waals surface area contributed by atoms with E-state index in [0.29, 0.717) is 32.4 Å². The van der Waals surface area contributed by atoms with Crippen molar-refractivity contribution >= 4 is 40.6 Å². The summed E-state index contributed by atoms with van der Waals surface area (Å²) in [4.78, 5) is 27.7. The molecule has 2 heterocycles. The number of carboxylic acid groups (broad SMARTS) is 1. The number of nitrogens with one attached hydrogen (secondary N) is 1. The van der Waals surface area contributed by atoms with Crippen LogP contribution in [0.5, 0.6) is 0 Å². The number of piperidine rings is 1. The van der Waals surface area contributed by atoms with Crippen LogP contribution < -0.4 is 10.2 Å². The van der Waals surface area contributed by atoms with Gasteiger partial charge in [0.2, 0.25) is 0 Å². The lowest BCUT2D eigenvalue weighted by atomic mass is 9.62. The predicted molar refractivity (Wildman–Crippen MR) is 175 cm³/mol. The molecular weight excluding hydrogens is 631 g/mol. The Labute approximate surface area is 278 Å². The van der Waals surface area contributed by atoms with Crippen molar-refractivity contribution < 1.29 is 23.5 Å². The van der Waals surface area contributed by atoms with Crippen molar-refractivity contribution in [1.82, 2.24) is 5.32 Å². The molecule has 2 saturated heterocycles. The minimum atomic E-state index is -1.68. The summed E-state index contributed by atoms with van der Waals surface area (Å²) in [7, 11) is 0. The Balaban J connectivity index is 1.53. The highest BCUT2D eigenvalue weighted by Gasteiger charge is 2.60. The van der Waals surface area contributed by atoms with Gasteiger partial charge in [-0.2, -0.15) is 5.26 Å². The summed E-state index contributed by atoms with van der Waals surface area (Å²) >= 11 is 12.3. The van der Waals surface area contributed by atoms with E-state index in [1.54, 1.807) is 6.07 Å². The fourth-order valence-corrected chi connectivity index (χ4v) is 7.47. The molecule has 6 nitrogen and oxygen atoms in total. The number of carboxylic acids is 1. The van der Waals surface area contributed by atoms with Crippen LogP contribution in [-0.4, -0.2) is 42.0 Å². The lowest BCUT2D eigenvalue weighted by Crippen LogP contribution is -2.44. The molecular formula is C36H37Cl2F2N3O3. The van der Waals surface area contributed by atoms with Gasteiger partial charge in [0.1, 0.15) is 17.0 Å². The number of carbonyl (C=O) groups excluding carboxylic acids is 1. The zero-order valence-electron chi connectivity index (χ0n) is 26.0. The minimum absolute atomic E-state index is 0.00936. The molecule has 3 aromatic carbocycles. The van der Waals surface area contributed by atoms with E-state index in [0.717, 1.165) is 17.3 Å². The van der Waals surface area contributed by atoms with Crippen LogP contribution >= 0.6 is 23.2 Å². The van der Waals surface area contributed by atoms with Gasteiger partial charge in [-0.05, 0) is 66.1 Å². The normalized spacial score (nSPS) is 23.7. The minimum Gasteiger partial charge on any atom is -0.481 e. The number of carbonyl (C=O) groups is 2. The molecule has 2 N–H and O–H groups in total. The number of rotatable bonds is 8. The number of nitriles is 1. The van der Waals surface area contributed by atoms with Gasteiger partial charge >= 0.3 is 5.97 Å². The second-order valence-corrected chi connectivity index (χ2v) is 14.4. The molecule has 5 rings (SSSR count). The quantitative estimate of drug-likeness (QED) is 0.256. The maximum atomic E-state index is 15.9. The maximum absolute atomic E-state index is 15.9. The molecule has 0 bridgehead atoms. The molecule has 0 aromatic heterocycles. The number of Topliss-reactive ketones (excluding diaryl/α,β-unsaturated/α-hetero) is 1. The van der Waals surface area contributed by atoms with E-state index >= 15 is 8.78 Å². The highest BCUT2D eigenvalue weighted by Crippen LogP contribution is 2.53. The number of anilines is 1. The fourth-order valence-electron chi connectivity index (χ4n) is 7.13. The zero-order valence-corrected chi connectivity index (χ0v) is 27.5. The third-order valence-electron chi connectivity index (χ3n) is 9.32.